The van der Waals surface area contributed by atoms with Crippen LogP contribution in [0.3, 0.4) is 0 Å². The SMILES string of the molecule is COCCCNC(=O)c1cccc(NC(=O)CNC(C)(C)C)c1. The van der Waals surface area contributed by atoms with Crippen molar-refractivity contribution in [3.8, 4) is 0 Å². The molecule has 1 aromatic carbocycles. The topological polar surface area (TPSA) is 79.5 Å². The van der Waals surface area contributed by atoms with Crippen molar-refractivity contribution < 1.29 is 14.3 Å². The van der Waals surface area contributed by atoms with Crippen molar-refractivity contribution in [2.24, 2.45) is 0 Å². The van der Waals surface area contributed by atoms with Gasteiger partial charge in [-0.3, -0.25) is 9.59 Å². The van der Waals surface area contributed by atoms with Crippen LogP contribution in [0.25, 0.3) is 0 Å². The van der Waals surface area contributed by atoms with Crippen molar-refractivity contribution in [3.05, 3.63) is 29.8 Å². The standard InChI is InChI=1S/C17H27N3O3/c1-17(2,3)19-12-15(21)20-14-8-5-7-13(11-14)16(22)18-9-6-10-23-4/h5,7-8,11,19H,6,9-10,12H2,1-4H3,(H,18,22)(H,20,21). The Balaban J connectivity index is 2.52. The molecule has 23 heavy (non-hydrogen) atoms. The number of ether oxygens (including phenoxy) is 1. The van der Waals surface area contributed by atoms with Crippen LogP contribution in [0.2, 0.25) is 0 Å². The highest BCUT2D eigenvalue weighted by Gasteiger charge is 2.12. The molecule has 0 radical (unpaired) electrons. The Bertz CT molecular complexity index is 524. The van der Waals surface area contributed by atoms with Gasteiger partial charge in [0.25, 0.3) is 5.91 Å². The van der Waals surface area contributed by atoms with Gasteiger partial charge in [-0.2, -0.15) is 0 Å². The van der Waals surface area contributed by atoms with Gasteiger partial charge in [0.1, 0.15) is 0 Å². The van der Waals surface area contributed by atoms with Crippen molar-refractivity contribution in [1.29, 1.82) is 0 Å². The zero-order valence-corrected chi connectivity index (χ0v) is 14.4. The summed E-state index contributed by atoms with van der Waals surface area (Å²) in [7, 11) is 1.63. The third kappa shape index (κ3) is 8.32. The second-order valence-corrected chi connectivity index (χ2v) is 6.33. The van der Waals surface area contributed by atoms with Gasteiger partial charge < -0.3 is 20.7 Å². The molecule has 0 aliphatic carbocycles. The average molecular weight is 321 g/mol. The van der Waals surface area contributed by atoms with E-state index < -0.39 is 0 Å². The maximum absolute atomic E-state index is 12.0. The zero-order valence-electron chi connectivity index (χ0n) is 14.4. The molecule has 0 heterocycles. The van der Waals surface area contributed by atoms with Gasteiger partial charge in [-0.25, -0.2) is 0 Å². The number of rotatable bonds is 8. The Morgan fingerprint density at radius 1 is 1.22 bits per heavy atom. The van der Waals surface area contributed by atoms with Crippen LogP contribution in [0.15, 0.2) is 24.3 Å². The summed E-state index contributed by atoms with van der Waals surface area (Å²) in [6.07, 6.45) is 0.761. The van der Waals surface area contributed by atoms with E-state index in [4.69, 9.17) is 4.74 Å². The quantitative estimate of drug-likeness (QED) is 0.638. The molecule has 0 bridgehead atoms. The Morgan fingerprint density at radius 2 is 1.96 bits per heavy atom. The molecule has 3 N–H and O–H groups in total. The van der Waals surface area contributed by atoms with E-state index in [0.717, 1.165) is 6.42 Å². The molecule has 0 atom stereocenters. The normalized spacial score (nSPS) is 11.1. The Hall–Kier alpha value is -1.92. The number of hydrogen-bond acceptors (Lipinski definition) is 4. The van der Waals surface area contributed by atoms with E-state index >= 15 is 0 Å². The maximum atomic E-state index is 12.0. The third-order valence-electron chi connectivity index (χ3n) is 3.00. The summed E-state index contributed by atoms with van der Waals surface area (Å²) in [5.74, 6) is -0.303. The number of hydrogen-bond donors (Lipinski definition) is 3. The van der Waals surface area contributed by atoms with Gasteiger partial charge in [0.05, 0.1) is 6.54 Å². The lowest BCUT2D eigenvalue weighted by molar-refractivity contribution is -0.115. The van der Waals surface area contributed by atoms with Crippen LogP contribution < -0.4 is 16.0 Å². The number of carbonyl (C=O) groups excluding carboxylic acids is 2. The number of anilines is 1. The molecule has 0 unspecified atom stereocenters. The molecule has 2 amide bonds. The predicted molar refractivity (Wildman–Crippen MR) is 91.7 cm³/mol. The van der Waals surface area contributed by atoms with Crippen LogP contribution in [0.4, 0.5) is 5.69 Å². The summed E-state index contributed by atoms with van der Waals surface area (Å²) in [5, 5.41) is 8.72. The van der Waals surface area contributed by atoms with Crippen LogP contribution in [-0.2, 0) is 9.53 Å². The molecule has 0 saturated carbocycles. The van der Waals surface area contributed by atoms with Crippen LogP contribution in [-0.4, -0.2) is 44.2 Å². The van der Waals surface area contributed by atoms with Crippen molar-refractivity contribution in [3.63, 3.8) is 0 Å². The first kappa shape index (κ1) is 19.1. The Morgan fingerprint density at radius 3 is 2.61 bits per heavy atom. The fourth-order valence-electron chi connectivity index (χ4n) is 1.81. The molecular formula is C17H27N3O3. The first-order chi connectivity index (χ1) is 10.8. The number of carbonyl (C=O) groups is 2. The van der Waals surface area contributed by atoms with Gasteiger partial charge in [-0.15, -0.1) is 0 Å². The molecule has 1 aromatic rings. The lowest BCUT2D eigenvalue weighted by atomic mass is 10.1. The lowest BCUT2D eigenvalue weighted by Crippen LogP contribution is -2.41. The van der Waals surface area contributed by atoms with Gasteiger partial charge >= 0.3 is 0 Å². The van der Waals surface area contributed by atoms with E-state index in [1.54, 1.807) is 31.4 Å². The van der Waals surface area contributed by atoms with E-state index in [1.165, 1.54) is 0 Å². The van der Waals surface area contributed by atoms with E-state index in [2.05, 4.69) is 16.0 Å². The van der Waals surface area contributed by atoms with Crippen LogP contribution in [0.5, 0.6) is 0 Å². The second-order valence-electron chi connectivity index (χ2n) is 6.33. The monoisotopic (exact) mass is 321 g/mol. The number of nitrogens with one attached hydrogen (secondary N) is 3. The van der Waals surface area contributed by atoms with Crippen molar-refractivity contribution in [2.75, 3.05) is 32.1 Å². The molecule has 128 valence electrons. The van der Waals surface area contributed by atoms with Crippen LogP contribution in [0.1, 0.15) is 37.6 Å². The van der Waals surface area contributed by atoms with E-state index in [-0.39, 0.29) is 23.9 Å². The number of amides is 2. The zero-order chi connectivity index (χ0) is 17.3. The van der Waals surface area contributed by atoms with E-state index in [1.807, 2.05) is 20.8 Å². The summed E-state index contributed by atoms with van der Waals surface area (Å²) < 4.78 is 4.93. The highest BCUT2D eigenvalue weighted by Crippen LogP contribution is 2.10. The Labute approximate surface area is 138 Å². The second kappa shape index (κ2) is 9.27. The Kier molecular flexibility index (Phi) is 7.71. The first-order valence-corrected chi connectivity index (χ1v) is 7.74. The fourth-order valence-corrected chi connectivity index (χ4v) is 1.81. The van der Waals surface area contributed by atoms with Gasteiger partial charge in [0.15, 0.2) is 0 Å². The van der Waals surface area contributed by atoms with Gasteiger partial charge in [-0.1, -0.05) is 6.07 Å². The van der Waals surface area contributed by atoms with Crippen LogP contribution >= 0.6 is 0 Å². The first-order valence-electron chi connectivity index (χ1n) is 7.74. The average Bonchev–Trinajstić information content (AvgIpc) is 2.49. The molecule has 0 fully saturated rings. The fraction of sp³-hybridized carbons (Fsp3) is 0.529. The van der Waals surface area contributed by atoms with Gasteiger partial charge in [0, 0.05) is 37.1 Å². The van der Waals surface area contributed by atoms with Crippen molar-refractivity contribution >= 4 is 17.5 Å². The molecule has 0 aliphatic heterocycles. The summed E-state index contributed by atoms with van der Waals surface area (Å²) in [6, 6.07) is 6.89. The molecule has 6 nitrogen and oxygen atoms in total. The third-order valence-corrected chi connectivity index (χ3v) is 3.00. The van der Waals surface area contributed by atoms with Crippen molar-refractivity contribution in [2.45, 2.75) is 32.7 Å². The minimum atomic E-state index is -0.162. The minimum Gasteiger partial charge on any atom is -0.385 e. The molecule has 0 aliphatic rings. The molecule has 0 aromatic heterocycles. The summed E-state index contributed by atoms with van der Waals surface area (Å²) >= 11 is 0. The van der Waals surface area contributed by atoms with E-state index in [9.17, 15) is 9.59 Å². The summed E-state index contributed by atoms with van der Waals surface area (Å²) in [6.45, 7) is 7.37. The largest absolute Gasteiger partial charge is 0.385 e. The molecule has 1 rings (SSSR count). The predicted octanol–water partition coefficient (Wildman–Crippen LogP) is 1.78. The van der Waals surface area contributed by atoms with E-state index in [0.29, 0.717) is 24.4 Å². The maximum Gasteiger partial charge on any atom is 0.251 e. The minimum absolute atomic E-state index is 0.124. The van der Waals surface area contributed by atoms with Gasteiger partial charge in [0.2, 0.25) is 5.91 Å². The molecule has 0 saturated heterocycles. The smallest absolute Gasteiger partial charge is 0.251 e. The molecular weight excluding hydrogens is 294 g/mol. The molecule has 6 heteroatoms. The number of methoxy groups -OCH3 is 1. The highest BCUT2D eigenvalue weighted by molar-refractivity contribution is 5.97. The summed E-state index contributed by atoms with van der Waals surface area (Å²) in [4.78, 5) is 23.9. The van der Waals surface area contributed by atoms with Gasteiger partial charge in [-0.05, 0) is 45.4 Å². The van der Waals surface area contributed by atoms with Crippen LogP contribution in [0, 0.1) is 0 Å². The summed E-state index contributed by atoms with van der Waals surface area (Å²) in [5.41, 5.74) is 1.00. The highest BCUT2D eigenvalue weighted by atomic mass is 16.5. The lowest BCUT2D eigenvalue weighted by Gasteiger charge is -2.20. The molecule has 0 spiro atoms. The van der Waals surface area contributed by atoms with Crippen molar-refractivity contribution in [1.82, 2.24) is 10.6 Å². The number of benzene rings is 1.